The van der Waals surface area contributed by atoms with Crippen molar-refractivity contribution < 1.29 is 9.21 Å². The first-order chi connectivity index (χ1) is 5.79. The van der Waals surface area contributed by atoms with Gasteiger partial charge in [0, 0.05) is 17.8 Å². The molecule has 0 aliphatic carbocycles. The molecule has 2 aromatic rings. The van der Waals surface area contributed by atoms with Crippen molar-refractivity contribution >= 4 is 16.9 Å². The number of amides is 1. The van der Waals surface area contributed by atoms with Crippen LogP contribution in [-0.2, 0) is 0 Å². The Morgan fingerprint density at radius 2 is 2.33 bits per heavy atom. The number of aromatic nitrogens is 1. The molecule has 60 valence electrons. The van der Waals surface area contributed by atoms with Crippen molar-refractivity contribution in [3.05, 3.63) is 30.3 Å². The SMILES string of the molecule is NC(=O)c1cncc2ccoc12. The van der Waals surface area contributed by atoms with Gasteiger partial charge in [0.15, 0.2) is 0 Å². The van der Waals surface area contributed by atoms with Crippen molar-refractivity contribution in [2.24, 2.45) is 5.73 Å². The van der Waals surface area contributed by atoms with Crippen LogP contribution in [0.4, 0.5) is 0 Å². The number of hydrogen-bond acceptors (Lipinski definition) is 3. The second-order valence-electron chi connectivity index (χ2n) is 2.39. The molecule has 4 heteroatoms. The maximum Gasteiger partial charge on any atom is 0.254 e. The summed E-state index contributed by atoms with van der Waals surface area (Å²) >= 11 is 0. The zero-order valence-corrected chi connectivity index (χ0v) is 6.15. The lowest BCUT2D eigenvalue weighted by Crippen LogP contribution is -2.11. The summed E-state index contributed by atoms with van der Waals surface area (Å²) in [6, 6.07) is 1.73. The van der Waals surface area contributed by atoms with Crippen molar-refractivity contribution in [1.29, 1.82) is 0 Å². The predicted molar refractivity (Wildman–Crippen MR) is 42.5 cm³/mol. The van der Waals surface area contributed by atoms with E-state index in [1.165, 1.54) is 12.5 Å². The molecule has 4 nitrogen and oxygen atoms in total. The van der Waals surface area contributed by atoms with E-state index in [-0.39, 0.29) is 0 Å². The van der Waals surface area contributed by atoms with Crippen molar-refractivity contribution in [2.45, 2.75) is 0 Å². The van der Waals surface area contributed by atoms with Crippen LogP contribution < -0.4 is 5.73 Å². The number of pyridine rings is 1. The molecule has 2 aromatic heterocycles. The first-order valence-corrected chi connectivity index (χ1v) is 3.40. The Bertz CT molecular complexity index is 433. The minimum absolute atomic E-state index is 0.317. The van der Waals surface area contributed by atoms with Crippen molar-refractivity contribution in [2.75, 3.05) is 0 Å². The number of carbonyl (C=O) groups excluding carboxylic acids is 1. The highest BCUT2D eigenvalue weighted by atomic mass is 16.3. The summed E-state index contributed by atoms with van der Waals surface area (Å²) in [4.78, 5) is 14.7. The van der Waals surface area contributed by atoms with E-state index in [0.717, 1.165) is 5.39 Å². The van der Waals surface area contributed by atoms with Crippen LogP contribution in [0.25, 0.3) is 11.0 Å². The summed E-state index contributed by atoms with van der Waals surface area (Å²) < 4.78 is 5.07. The lowest BCUT2D eigenvalue weighted by atomic mass is 10.2. The van der Waals surface area contributed by atoms with Gasteiger partial charge in [0.1, 0.15) is 11.1 Å². The average molecular weight is 162 g/mol. The molecule has 0 aromatic carbocycles. The smallest absolute Gasteiger partial charge is 0.254 e. The van der Waals surface area contributed by atoms with E-state index in [0.29, 0.717) is 11.1 Å². The number of primary amides is 1. The van der Waals surface area contributed by atoms with Crippen molar-refractivity contribution in [3.63, 3.8) is 0 Å². The molecule has 0 fully saturated rings. The summed E-state index contributed by atoms with van der Waals surface area (Å²) in [6.45, 7) is 0. The molecule has 0 radical (unpaired) electrons. The van der Waals surface area contributed by atoms with Gasteiger partial charge in [-0.05, 0) is 6.07 Å². The number of fused-ring (bicyclic) bond motifs is 1. The molecule has 2 rings (SSSR count). The molecule has 0 saturated carbocycles. The fraction of sp³-hybridized carbons (Fsp3) is 0. The quantitative estimate of drug-likeness (QED) is 0.678. The maximum absolute atomic E-state index is 10.8. The molecule has 0 spiro atoms. The minimum Gasteiger partial charge on any atom is -0.463 e. The summed E-state index contributed by atoms with van der Waals surface area (Å²) in [7, 11) is 0. The average Bonchev–Trinajstić information content (AvgIpc) is 2.49. The van der Waals surface area contributed by atoms with Crippen LogP contribution in [0.2, 0.25) is 0 Å². The van der Waals surface area contributed by atoms with E-state index in [4.69, 9.17) is 10.2 Å². The van der Waals surface area contributed by atoms with Crippen LogP contribution in [0, 0.1) is 0 Å². The Labute approximate surface area is 68.0 Å². The van der Waals surface area contributed by atoms with Crippen molar-refractivity contribution in [1.82, 2.24) is 4.98 Å². The van der Waals surface area contributed by atoms with E-state index in [2.05, 4.69) is 4.98 Å². The number of nitrogens with two attached hydrogens (primary N) is 1. The van der Waals surface area contributed by atoms with Gasteiger partial charge in [0.2, 0.25) is 0 Å². The summed E-state index contributed by atoms with van der Waals surface area (Å²) in [6.07, 6.45) is 4.51. The molecule has 0 aliphatic heterocycles. The molecular formula is C8H6N2O2. The van der Waals surface area contributed by atoms with E-state index < -0.39 is 5.91 Å². The maximum atomic E-state index is 10.8. The number of hydrogen-bond donors (Lipinski definition) is 1. The molecule has 12 heavy (non-hydrogen) atoms. The summed E-state index contributed by atoms with van der Waals surface area (Å²) in [5, 5.41) is 0.784. The fourth-order valence-corrected chi connectivity index (χ4v) is 1.07. The molecule has 0 aliphatic rings. The molecular weight excluding hydrogens is 156 g/mol. The predicted octanol–water partition coefficient (Wildman–Crippen LogP) is 0.927. The zero-order valence-electron chi connectivity index (χ0n) is 6.15. The van der Waals surface area contributed by atoms with Gasteiger partial charge < -0.3 is 10.2 Å². The minimum atomic E-state index is -0.525. The first-order valence-electron chi connectivity index (χ1n) is 3.40. The molecule has 1 amide bonds. The summed E-state index contributed by atoms with van der Waals surface area (Å²) in [5.41, 5.74) is 5.91. The third-order valence-electron chi connectivity index (χ3n) is 1.62. The molecule has 0 bridgehead atoms. The van der Waals surface area contributed by atoms with Crippen LogP contribution in [0.1, 0.15) is 10.4 Å². The highest BCUT2D eigenvalue weighted by molar-refractivity contribution is 6.03. The van der Waals surface area contributed by atoms with Gasteiger partial charge >= 0.3 is 0 Å². The van der Waals surface area contributed by atoms with E-state index in [9.17, 15) is 4.79 Å². The van der Waals surface area contributed by atoms with E-state index in [1.54, 1.807) is 12.3 Å². The molecule has 2 N–H and O–H groups in total. The van der Waals surface area contributed by atoms with Crippen LogP contribution in [0.15, 0.2) is 29.1 Å². The van der Waals surface area contributed by atoms with Crippen LogP contribution in [0.5, 0.6) is 0 Å². The van der Waals surface area contributed by atoms with Gasteiger partial charge in [0.05, 0.1) is 6.26 Å². The molecule has 0 atom stereocenters. The third-order valence-corrected chi connectivity index (χ3v) is 1.62. The van der Waals surface area contributed by atoms with Crippen LogP contribution in [0.3, 0.4) is 0 Å². The van der Waals surface area contributed by atoms with Gasteiger partial charge in [-0.2, -0.15) is 0 Å². The van der Waals surface area contributed by atoms with Crippen LogP contribution in [-0.4, -0.2) is 10.9 Å². The Hall–Kier alpha value is -1.84. The zero-order chi connectivity index (χ0) is 8.55. The first kappa shape index (κ1) is 6.84. The Kier molecular flexibility index (Phi) is 1.33. The lowest BCUT2D eigenvalue weighted by Gasteiger charge is -1.93. The van der Waals surface area contributed by atoms with E-state index >= 15 is 0 Å². The van der Waals surface area contributed by atoms with Crippen LogP contribution >= 0.6 is 0 Å². The van der Waals surface area contributed by atoms with Gasteiger partial charge in [0.25, 0.3) is 5.91 Å². The standard InChI is InChI=1S/C8H6N2O2/c9-8(11)6-4-10-3-5-1-2-12-7(5)6/h1-4H,(H2,9,11). The number of carbonyl (C=O) groups is 1. The Balaban J connectivity index is 2.82. The highest BCUT2D eigenvalue weighted by Crippen LogP contribution is 2.17. The highest BCUT2D eigenvalue weighted by Gasteiger charge is 2.08. The Morgan fingerprint density at radius 3 is 3.08 bits per heavy atom. The third kappa shape index (κ3) is 0.852. The number of rotatable bonds is 1. The molecule has 2 heterocycles. The van der Waals surface area contributed by atoms with Gasteiger partial charge in [-0.15, -0.1) is 0 Å². The second-order valence-corrected chi connectivity index (χ2v) is 2.39. The van der Waals surface area contributed by atoms with Crippen molar-refractivity contribution in [3.8, 4) is 0 Å². The van der Waals surface area contributed by atoms with Gasteiger partial charge in [-0.3, -0.25) is 9.78 Å². The monoisotopic (exact) mass is 162 g/mol. The van der Waals surface area contributed by atoms with E-state index in [1.807, 2.05) is 0 Å². The summed E-state index contributed by atoms with van der Waals surface area (Å²) in [5.74, 6) is -0.525. The normalized spacial score (nSPS) is 10.3. The lowest BCUT2D eigenvalue weighted by molar-refractivity contribution is 0.100. The number of furan rings is 1. The molecule has 0 saturated heterocycles. The largest absolute Gasteiger partial charge is 0.463 e. The Morgan fingerprint density at radius 1 is 1.50 bits per heavy atom. The number of nitrogens with zero attached hydrogens (tertiary/aromatic N) is 1. The van der Waals surface area contributed by atoms with Gasteiger partial charge in [-0.25, -0.2) is 0 Å². The van der Waals surface area contributed by atoms with Gasteiger partial charge in [-0.1, -0.05) is 0 Å². The molecule has 0 unspecified atom stereocenters. The fourth-order valence-electron chi connectivity index (χ4n) is 1.07. The second kappa shape index (κ2) is 2.34. The topological polar surface area (TPSA) is 69.1 Å².